The summed E-state index contributed by atoms with van der Waals surface area (Å²) in [5.74, 6) is 0.651. The summed E-state index contributed by atoms with van der Waals surface area (Å²) in [5.41, 5.74) is 2.53. The zero-order chi connectivity index (χ0) is 23.7. The number of pyridine rings is 1. The van der Waals surface area contributed by atoms with Crippen LogP contribution in [-0.4, -0.2) is 56.3 Å². The van der Waals surface area contributed by atoms with Crippen molar-refractivity contribution in [2.75, 3.05) is 31.1 Å². The fourth-order valence-electron chi connectivity index (χ4n) is 4.66. The average molecular weight is 460 g/mol. The Morgan fingerprint density at radius 3 is 2.56 bits per heavy atom. The van der Waals surface area contributed by atoms with E-state index in [1.165, 1.54) is 6.07 Å². The number of hydrogen-bond acceptors (Lipinski definition) is 6. The number of fused-ring (bicyclic) bond motifs is 1. The second kappa shape index (κ2) is 9.10. The van der Waals surface area contributed by atoms with Crippen molar-refractivity contribution in [1.82, 2.24) is 30.1 Å². The predicted molar refractivity (Wildman–Crippen MR) is 131 cm³/mol. The van der Waals surface area contributed by atoms with Gasteiger partial charge in [-0.3, -0.25) is 9.88 Å². The van der Waals surface area contributed by atoms with Crippen LogP contribution in [0.25, 0.3) is 10.9 Å². The minimum absolute atomic E-state index is 0.117. The Kier molecular flexibility index (Phi) is 6.00. The van der Waals surface area contributed by atoms with E-state index in [1.54, 1.807) is 6.07 Å². The van der Waals surface area contributed by atoms with Gasteiger partial charge in [-0.25, -0.2) is 9.07 Å². The van der Waals surface area contributed by atoms with Gasteiger partial charge in [0.15, 0.2) is 5.82 Å². The van der Waals surface area contributed by atoms with Crippen molar-refractivity contribution in [2.45, 2.75) is 38.8 Å². The molecule has 1 saturated heterocycles. The lowest BCUT2D eigenvalue weighted by molar-refractivity contribution is 0.187. The third-order valence-electron chi connectivity index (χ3n) is 6.99. The molecule has 5 rings (SSSR count). The van der Waals surface area contributed by atoms with Gasteiger partial charge in [-0.05, 0) is 66.6 Å². The van der Waals surface area contributed by atoms with Crippen molar-refractivity contribution in [3.05, 3.63) is 78.0 Å². The van der Waals surface area contributed by atoms with E-state index in [0.29, 0.717) is 5.69 Å². The van der Waals surface area contributed by atoms with Crippen LogP contribution in [0.4, 0.5) is 10.1 Å². The molecular weight excluding hydrogens is 429 g/mol. The highest BCUT2D eigenvalue weighted by Crippen LogP contribution is 2.33. The largest absolute Gasteiger partial charge is 0.367 e. The first-order chi connectivity index (χ1) is 16.5. The molecule has 0 spiro atoms. The number of nitrogens with zero attached hydrogens (tertiary/aromatic N) is 7. The monoisotopic (exact) mass is 459 g/mol. The van der Waals surface area contributed by atoms with Gasteiger partial charge in [0.05, 0.1) is 22.8 Å². The number of benzene rings is 2. The van der Waals surface area contributed by atoms with Crippen molar-refractivity contribution in [1.29, 1.82) is 0 Å². The lowest BCUT2D eigenvalue weighted by atomic mass is 9.98. The Balaban J connectivity index is 1.52. The van der Waals surface area contributed by atoms with Crippen LogP contribution >= 0.6 is 0 Å². The van der Waals surface area contributed by atoms with Crippen molar-refractivity contribution in [2.24, 2.45) is 0 Å². The fraction of sp³-hybridized carbons (Fsp3) is 0.385. The van der Waals surface area contributed by atoms with Crippen LogP contribution in [0.5, 0.6) is 0 Å². The molecule has 2 aromatic carbocycles. The number of halogens is 1. The van der Waals surface area contributed by atoms with Crippen LogP contribution in [0.3, 0.4) is 0 Å². The van der Waals surface area contributed by atoms with E-state index < -0.39 is 0 Å². The topological polar surface area (TPSA) is 63.0 Å². The predicted octanol–water partition coefficient (Wildman–Crippen LogP) is 4.42. The lowest BCUT2D eigenvalue weighted by Crippen LogP contribution is -2.49. The molecule has 0 amide bonds. The van der Waals surface area contributed by atoms with Crippen LogP contribution in [0.1, 0.15) is 44.6 Å². The maximum atomic E-state index is 14.4. The van der Waals surface area contributed by atoms with Gasteiger partial charge in [-0.2, -0.15) is 0 Å². The minimum Gasteiger partial charge on any atom is -0.367 e. The van der Waals surface area contributed by atoms with Gasteiger partial charge in [0.2, 0.25) is 0 Å². The Hall–Kier alpha value is -3.39. The van der Waals surface area contributed by atoms with E-state index in [1.807, 2.05) is 29.1 Å². The standard InChI is InChI=1S/C26H30FN7/c1-4-26(2,3)34-25(29-30-31-34)24(20-11-12-22-19(18-20)8-7-13-28-22)33-16-14-32(15-17-33)23-10-6-5-9-21(23)27/h5-13,18,24H,4,14-17H2,1-3H3. The van der Waals surface area contributed by atoms with Gasteiger partial charge in [-0.1, -0.05) is 31.2 Å². The summed E-state index contributed by atoms with van der Waals surface area (Å²) >= 11 is 0. The zero-order valence-electron chi connectivity index (χ0n) is 19.9. The summed E-state index contributed by atoms with van der Waals surface area (Å²) in [7, 11) is 0. The van der Waals surface area contributed by atoms with Gasteiger partial charge in [0.25, 0.3) is 0 Å². The molecule has 2 aromatic heterocycles. The quantitative estimate of drug-likeness (QED) is 0.425. The first-order valence-corrected chi connectivity index (χ1v) is 11.8. The molecule has 1 aliphatic rings. The summed E-state index contributed by atoms with van der Waals surface area (Å²) in [6.07, 6.45) is 2.71. The lowest BCUT2D eigenvalue weighted by Gasteiger charge is -2.40. The van der Waals surface area contributed by atoms with Crippen LogP contribution in [0, 0.1) is 5.82 Å². The fourth-order valence-corrected chi connectivity index (χ4v) is 4.66. The number of aromatic nitrogens is 5. The molecule has 1 unspecified atom stereocenters. The van der Waals surface area contributed by atoms with Crippen LogP contribution in [0.2, 0.25) is 0 Å². The Morgan fingerprint density at radius 2 is 1.79 bits per heavy atom. The second-order valence-corrected chi connectivity index (χ2v) is 9.45. The number of anilines is 1. The third kappa shape index (κ3) is 4.14. The van der Waals surface area contributed by atoms with Gasteiger partial charge >= 0.3 is 0 Å². The molecule has 0 bridgehead atoms. The first kappa shape index (κ1) is 22.4. The van der Waals surface area contributed by atoms with E-state index in [4.69, 9.17) is 0 Å². The van der Waals surface area contributed by atoms with Crippen molar-refractivity contribution < 1.29 is 4.39 Å². The molecule has 0 saturated carbocycles. The van der Waals surface area contributed by atoms with Crippen molar-refractivity contribution >= 4 is 16.6 Å². The molecule has 0 N–H and O–H groups in total. The Labute approximate surface area is 199 Å². The molecule has 1 aliphatic heterocycles. The molecule has 3 heterocycles. The van der Waals surface area contributed by atoms with E-state index in [0.717, 1.165) is 54.9 Å². The van der Waals surface area contributed by atoms with Crippen LogP contribution in [0.15, 0.2) is 60.8 Å². The molecule has 176 valence electrons. The zero-order valence-corrected chi connectivity index (χ0v) is 19.9. The van der Waals surface area contributed by atoms with E-state index >= 15 is 0 Å². The molecule has 1 atom stereocenters. The van der Waals surface area contributed by atoms with Crippen LogP contribution in [-0.2, 0) is 5.54 Å². The second-order valence-electron chi connectivity index (χ2n) is 9.45. The number of piperazine rings is 1. The molecular formula is C26H30FN7. The van der Waals surface area contributed by atoms with Gasteiger partial charge in [-0.15, -0.1) is 5.10 Å². The summed E-state index contributed by atoms with van der Waals surface area (Å²) < 4.78 is 16.4. The van der Waals surface area contributed by atoms with Gasteiger partial charge < -0.3 is 4.90 Å². The molecule has 8 heteroatoms. The summed E-state index contributed by atoms with van der Waals surface area (Å²) in [5, 5.41) is 14.1. The Morgan fingerprint density at radius 1 is 1.00 bits per heavy atom. The highest BCUT2D eigenvalue weighted by Gasteiger charge is 2.34. The number of para-hydroxylation sites is 1. The van der Waals surface area contributed by atoms with Crippen molar-refractivity contribution in [3.63, 3.8) is 0 Å². The average Bonchev–Trinajstić information content (AvgIpc) is 3.35. The molecule has 34 heavy (non-hydrogen) atoms. The van der Waals surface area contributed by atoms with Gasteiger partial charge in [0.1, 0.15) is 5.82 Å². The minimum atomic E-state index is -0.218. The molecule has 4 aromatic rings. The molecule has 1 fully saturated rings. The summed E-state index contributed by atoms with van der Waals surface area (Å²) in [6, 6.07) is 17.3. The van der Waals surface area contributed by atoms with E-state index in [2.05, 4.69) is 75.3 Å². The molecule has 7 nitrogen and oxygen atoms in total. The number of rotatable bonds is 6. The summed E-state index contributed by atoms with van der Waals surface area (Å²) in [4.78, 5) is 9.00. The van der Waals surface area contributed by atoms with Crippen LogP contribution < -0.4 is 4.90 Å². The summed E-state index contributed by atoms with van der Waals surface area (Å²) in [6.45, 7) is 9.45. The maximum Gasteiger partial charge on any atom is 0.173 e. The Bertz CT molecular complexity index is 1280. The normalized spacial score (nSPS) is 16.2. The van der Waals surface area contributed by atoms with Crippen molar-refractivity contribution in [3.8, 4) is 0 Å². The SMILES string of the molecule is CCC(C)(C)n1nnnc1C(c1ccc2ncccc2c1)N1CCN(c2ccccc2F)CC1. The molecule has 0 aliphatic carbocycles. The van der Waals surface area contributed by atoms with E-state index in [-0.39, 0.29) is 17.4 Å². The smallest absolute Gasteiger partial charge is 0.173 e. The highest BCUT2D eigenvalue weighted by molar-refractivity contribution is 5.79. The van der Waals surface area contributed by atoms with Gasteiger partial charge in [0, 0.05) is 37.8 Å². The molecule has 0 radical (unpaired) electrons. The third-order valence-corrected chi connectivity index (χ3v) is 6.99. The highest BCUT2D eigenvalue weighted by atomic mass is 19.1. The first-order valence-electron chi connectivity index (χ1n) is 11.8. The maximum absolute atomic E-state index is 14.4. The van der Waals surface area contributed by atoms with E-state index in [9.17, 15) is 4.39 Å². The number of tetrazole rings is 1. The number of hydrogen-bond donors (Lipinski definition) is 0.